The van der Waals surface area contributed by atoms with E-state index in [4.69, 9.17) is 9.97 Å². The molecule has 3 aromatic rings. The molecule has 2 aliphatic carbocycles. The first-order valence-electron chi connectivity index (χ1n) is 9.97. The third-order valence-corrected chi connectivity index (χ3v) is 7.60. The fraction of sp³-hybridized carbons (Fsp3) is 0.409. The summed E-state index contributed by atoms with van der Waals surface area (Å²) in [6.07, 6.45) is 5.85. The number of carbonyl (C=O) groups is 1. The van der Waals surface area contributed by atoms with Crippen LogP contribution in [-0.4, -0.2) is 21.6 Å². The molecule has 1 unspecified atom stereocenters. The summed E-state index contributed by atoms with van der Waals surface area (Å²) in [5, 5.41) is 5.19. The molecular formula is C22H23N3OS2. The lowest BCUT2D eigenvalue weighted by Crippen LogP contribution is -2.14. The lowest BCUT2D eigenvalue weighted by Gasteiger charge is -2.18. The Balaban J connectivity index is 1.43. The number of amides is 1. The normalized spacial score (nSPS) is 18.8. The highest BCUT2D eigenvalue weighted by molar-refractivity contribution is 8.00. The minimum Gasteiger partial charge on any atom is -0.325 e. The molecule has 6 heteroatoms. The summed E-state index contributed by atoms with van der Waals surface area (Å²) in [6.45, 7) is 2.33. The SMILES string of the molecule is CC1CCc2c(sc3nc(C4CC4)nc(SCC(=O)Nc4ccccc4)c23)C1. The molecule has 0 aliphatic heterocycles. The van der Waals surface area contributed by atoms with E-state index < -0.39 is 0 Å². The predicted molar refractivity (Wildman–Crippen MR) is 116 cm³/mol. The van der Waals surface area contributed by atoms with Crippen molar-refractivity contribution in [2.75, 3.05) is 11.1 Å². The third kappa shape index (κ3) is 3.67. The highest BCUT2D eigenvalue weighted by Crippen LogP contribution is 2.44. The Hall–Kier alpha value is -1.92. The van der Waals surface area contributed by atoms with E-state index in [-0.39, 0.29) is 5.91 Å². The Labute approximate surface area is 173 Å². The van der Waals surface area contributed by atoms with Crippen LogP contribution in [0.15, 0.2) is 35.4 Å². The molecule has 0 spiro atoms. The van der Waals surface area contributed by atoms with Gasteiger partial charge >= 0.3 is 0 Å². The van der Waals surface area contributed by atoms with Gasteiger partial charge in [0.05, 0.1) is 5.75 Å². The van der Waals surface area contributed by atoms with E-state index in [1.807, 2.05) is 41.7 Å². The van der Waals surface area contributed by atoms with Crippen molar-refractivity contribution in [2.24, 2.45) is 5.92 Å². The van der Waals surface area contributed by atoms with Gasteiger partial charge in [-0.25, -0.2) is 9.97 Å². The quantitative estimate of drug-likeness (QED) is 0.451. The second kappa shape index (κ2) is 7.48. The van der Waals surface area contributed by atoms with E-state index in [1.54, 1.807) is 11.8 Å². The molecule has 2 aromatic heterocycles. The van der Waals surface area contributed by atoms with Gasteiger partial charge in [0.1, 0.15) is 15.7 Å². The number of fused-ring (bicyclic) bond motifs is 3. The zero-order valence-corrected chi connectivity index (χ0v) is 17.5. The summed E-state index contributed by atoms with van der Waals surface area (Å²) in [7, 11) is 0. The Morgan fingerprint density at radius 1 is 1.21 bits per heavy atom. The van der Waals surface area contributed by atoms with E-state index in [2.05, 4.69) is 12.2 Å². The zero-order valence-electron chi connectivity index (χ0n) is 15.9. The number of anilines is 1. The van der Waals surface area contributed by atoms with Crippen LogP contribution in [0.5, 0.6) is 0 Å². The highest BCUT2D eigenvalue weighted by atomic mass is 32.2. The van der Waals surface area contributed by atoms with Crippen LogP contribution in [0.2, 0.25) is 0 Å². The first-order valence-corrected chi connectivity index (χ1v) is 11.8. The standard InChI is InChI=1S/C22H23N3OS2/c1-13-7-10-16-17(11-13)28-22-19(16)21(24-20(25-22)14-8-9-14)27-12-18(26)23-15-5-3-2-4-6-15/h2-6,13-14H,7-12H2,1H3,(H,23,26). The summed E-state index contributed by atoms with van der Waals surface area (Å²) in [4.78, 5) is 24.9. The summed E-state index contributed by atoms with van der Waals surface area (Å²) >= 11 is 3.41. The molecule has 0 saturated heterocycles. The van der Waals surface area contributed by atoms with Crippen molar-refractivity contribution in [1.29, 1.82) is 0 Å². The van der Waals surface area contributed by atoms with Gasteiger partial charge in [0, 0.05) is 21.9 Å². The van der Waals surface area contributed by atoms with Crippen molar-refractivity contribution in [3.63, 3.8) is 0 Å². The van der Waals surface area contributed by atoms with Gasteiger partial charge in [-0.3, -0.25) is 4.79 Å². The molecule has 2 heterocycles. The van der Waals surface area contributed by atoms with Crippen LogP contribution >= 0.6 is 23.1 Å². The molecule has 5 rings (SSSR count). The molecule has 0 radical (unpaired) electrons. The smallest absolute Gasteiger partial charge is 0.234 e. The third-order valence-electron chi connectivity index (χ3n) is 5.48. The summed E-state index contributed by atoms with van der Waals surface area (Å²) in [6, 6.07) is 9.62. The van der Waals surface area contributed by atoms with Crippen molar-refractivity contribution in [3.05, 3.63) is 46.6 Å². The van der Waals surface area contributed by atoms with E-state index in [9.17, 15) is 4.79 Å². The van der Waals surface area contributed by atoms with Gasteiger partial charge in [0.15, 0.2) is 0 Å². The number of rotatable bonds is 5. The summed E-state index contributed by atoms with van der Waals surface area (Å²) < 4.78 is 0. The molecule has 1 atom stereocenters. The number of carbonyl (C=O) groups excluding carboxylic acids is 1. The summed E-state index contributed by atoms with van der Waals surface area (Å²) in [5.74, 6) is 2.61. The lowest BCUT2D eigenvalue weighted by molar-refractivity contribution is -0.113. The topological polar surface area (TPSA) is 54.9 Å². The van der Waals surface area contributed by atoms with Gasteiger partial charge < -0.3 is 5.32 Å². The van der Waals surface area contributed by atoms with Crippen LogP contribution in [0.4, 0.5) is 5.69 Å². The molecule has 1 saturated carbocycles. The molecule has 144 valence electrons. The second-order valence-corrected chi connectivity index (χ2v) is 9.94. The number of hydrogen-bond donors (Lipinski definition) is 1. The second-order valence-electron chi connectivity index (χ2n) is 7.90. The Kier molecular flexibility index (Phi) is 4.85. The fourth-order valence-electron chi connectivity index (χ4n) is 3.81. The fourth-order valence-corrected chi connectivity index (χ4v) is 6.12. The van der Waals surface area contributed by atoms with Crippen LogP contribution in [0.1, 0.15) is 48.4 Å². The van der Waals surface area contributed by atoms with Crippen LogP contribution < -0.4 is 5.32 Å². The van der Waals surface area contributed by atoms with E-state index >= 15 is 0 Å². The van der Waals surface area contributed by atoms with Crippen LogP contribution in [-0.2, 0) is 17.6 Å². The monoisotopic (exact) mass is 409 g/mol. The number of hydrogen-bond acceptors (Lipinski definition) is 5. The molecule has 1 N–H and O–H groups in total. The zero-order chi connectivity index (χ0) is 19.1. The molecule has 0 bridgehead atoms. The van der Waals surface area contributed by atoms with Gasteiger partial charge in [-0.05, 0) is 55.7 Å². The molecular weight excluding hydrogens is 386 g/mol. The van der Waals surface area contributed by atoms with Gasteiger partial charge in [0.2, 0.25) is 5.91 Å². The first-order chi connectivity index (χ1) is 13.7. The maximum atomic E-state index is 12.5. The van der Waals surface area contributed by atoms with Crippen molar-refractivity contribution < 1.29 is 4.79 Å². The molecule has 1 amide bonds. The van der Waals surface area contributed by atoms with Crippen molar-refractivity contribution in [1.82, 2.24) is 9.97 Å². The number of nitrogens with one attached hydrogen (secondary N) is 1. The number of aromatic nitrogens is 2. The number of thioether (sulfide) groups is 1. The minimum atomic E-state index is 0.00801. The molecule has 1 fully saturated rings. The Bertz CT molecular complexity index is 1030. The average Bonchev–Trinajstić information content (AvgIpc) is 3.47. The highest BCUT2D eigenvalue weighted by Gasteiger charge is 2.30. The van der Waals surface area contributed by atoms with E-state index in [0.29, 0.717) is 11.7 Å². The van der Waals surface area contributed by atoms with Crippen molar-refractivity contribution >= 4 is 44.9 Å². The van der Waals surface area contributed by atoms with Crippen LogP contribution in [0.25, 0.3) is 10.2 Å². The maximum Gasteiger partial charge on any atom is 0.234 e. The Morgan fingerprint density at radius 2 is 2.04 bits per heavy atom. The number of benzene rings is 1. The maximum absolute atomic E-state index is 12.5. The number of aryl methyl sites for hydroxylation is 1. The van der Waals surface area contributed by atoms with E-state index in [1.165, 1.54) is 35.1 Å². The number of thiophene rings is 1. The van der Waals surface area contributed by atoms with Crippen LogP contribution in [0.3, 0.4) is 0 Å². The minimum absolute atomic E-state index is 0.00801. The van der Waals surface area contributed by atoms with Crippen LogP contribution in [0, 0.1) is 5.92 Å². The molecule has 2 aliphatic rings. The molecule has 4 nitrogen and oxygen atoms in total. The van der Waals surface area contributed by atoms with Crippen molar-refractivity contribution in [2.45, 2.75) is 50.0 Å². The average molecular weight is 410 g/mol. The lowest BCUT2D eigenvalue weighted by atomic mass is 9.89. The number of para-hydroxylation sites is 1. The molecule has 28 heavy (non-hydrogen) atoms. The summed E-state index contributed by atoms with van der Waals surface area (Å²) in [5.41, 5.74) is 2.27. The van der Waals surface area contributed by atoms with Gasteiger partial charge in [0.25, 0.3) is 0 Å². The first kappa shape index (κ1) is 18.1. The largest absolute Gasteiger partial charge is 0.325 e. The molecule has 1 aromatic carbocycles. The number of nitrogens with zero attached hydrogens (tertiary/aromatic N) is 2. The van der Waals surface area contributed by atoms with Gasteiger partial charge in [-0.1, -0.05) is 36.9 Å². The van der Waals surface area contributed by atoms with E-state index in [0.717, 1.165) is 40.1 Å². The van der Waals surface area contributed by atoms with Crippen molar-refractivity contribution in [3.8, 4) is 0 Å². The Morgan fingerprint density at radius 3 is 2.82 bits per heavy atom. The predicted octanol–water partition coefficient (Wildman–Crippen LogP) is 5.42. The van der Waals surface area contributed by atoms with Gasteiger partial charge in [-0.15, -0.1) is 11.3 Å². The van der Waals surface area contributed by atoms with Gasteiger partial charge in [-0.2, -0.15) is 0 Å².